The van der Waals surface area contributed by atoms with Gasteiger partial charge >= 0.3 is 6.61 Å². The van der Waals surface area contributed by atoms with Crippen LogP contribution in [0.4, 0.5) is 13.9 Å². The van der Waals surface area contributed by atoms with E-state index in [1.807, 2.05) is 47.8 Å². The molecule has 0 radical (unpaired) electrons. The van der Waals surface area contributed by atoms with Crippen molar-refractivity contribution in [2.24, 2.45) is 0 Å². The highest BCUT2D eigenvalue weighted by atomic mass is 79.9. The first-order valence-corrected chi connectivity index (χ1v) is 10.8. The Hall–Kier alpha value is -3.10. The van der Waals surface area contributed by atoms with E-state index in [0.29, 0.717) is 15.2 Å². The highest BCUT2D eigenvalue weighted by molar-refractivity contribution is 9.10. The largest absolute Gasteiger partial charge is 0.434 e. The molecule has 0 saturated carbocycles. The number of carbonyl (C=O) groups excluding carboxylic acids is 1. The zero-order valence-corrected chi connectivity index (χ0v) is 18.3. The summed E-state index contributed by atoms with van der Waals surface area (Å²) >= 11 is 4.58. The fraction of sp³-hybridized carbons (Fsp3) is 0.0435. The summed E-state index contributed by atoms with van der Waals surface area (Å²) in [6.45, 7) is -2.95. The molecule has 0 bridgehead atoms. The number of carbonyl (C=O) groups is 1. The lowest BCUT2D eigenvalue weighted by atomic mass is 10.1. The number of fused-ring (bicyclic) bond motifs is 1. The van der Waals surface area contributed by atoms with Crippen LogP contribution in [0.1, 0.15) is 5.56 Å². The molecule has 0 spiro atoms. The zero-order valence-electron chi connectivity index (χ0n) is 15.9. The SMILES string of the molecule is O=C(C=Cc1cc(Br)ccc1OC(F)F)Nc1nc(-c2ccc3ccccc3c2)cs1. The lowest BCUT2D eigenvalue weighted by Crippen LogP contribution is -2.07. The lowest BCUT2D eigenvalue weighted by Gasteiger charge is -2.08. The molecule has 8 heteroatoms. The molecule has 156 valence electrons. The molecule has 0 aliphatic heterocycles. The van der Waals surface area contributed by atoms with Gasteiger partial charge in [0.05, 0.1) is 5.69 Å². The molecule has 1 N–H and O–H groups in total. The van der Waals surface area contributed by atoms with Crippen LogP contribution >= 0.6 is 27.3 Å². The van der Waals surface area contributed by atoms with Gasteiger partial charge in [-0.1, -0.05) is 52.3 Å². The first kappa shape index (κ1) is 21.1. The van der Waals surface area contributed by atoms with E-state index in [1.54, 1.807) is 12.1 Å². The number of nitrogens with one attached hydrogen (secondary N) is 1. The molecular weight excluding hydrogens is 486 g/mol. The average molecular weight is 501 g/mol. The maximum absolute atomic E-state index is 12.6. The number of hydrogen-bond donors (Lipinski definition) is 1. The summed E-state index contributed by atoms with van der Waals surface area (Å²) in [7, 11) is 0. The summed E-state index contributed by atoms with van der Waals surface area (Å²) in [6, 6.07) is 18.7. The Morgan fingerprint density at radius 3 is 2.71 bits per heavy atom. The molecule has 0 unspecified atom stereocenters. The molecule has 4 aromatic rings. The molecule has 0 fully saturated rings. The van der Waals surface area contributed by atoms with E-state index in [0.717, 1.165) is 22.0 Å². The molecule has 4 nitrogen and oxygen atoms in total. The van der Waals surface area contributed by atoms with Crippen LogP contribution < -0.4 is 10.1 Å². The van der Waals surface area contributed by atoms with Crippen molar-refractivity contribution in [3.8, 4) is 17.0 Å². The lowest BCUT2D eigenvalue weighted by molar-refractivity contribution is -0.111. The molecule has 3 aromatic carbocycles. The van der Waals surface area contributed by atoms with Gasteiger partial charge in [-0.15, -0.1) is 11.3 Å². The summed E-state index contributed by atoms with van der Waals surface area (Å²) < 4.78 is 30.3. The molecular formula is C23H15BrF2N2O2S. The number of ether oxygens (including phenoxy) is 1. The molecule has 1 aromatic heterocycles. The number of anilines is 1. The number of halogens is 3. The van der Waals surface area contributed by atoms with Crippen molar-refractivity contribution in [2.75, 3.05) is 5.32 Å². The maximum Gasteiger partial charge on any atom is 0.387 e. The van der Waals surface area contributed by atoms with E-state index >= 15 is 0 Å². The number of thiazole rings is 1. The van der Waals surface area contributed by atoms with E-state index < -0.39 is 12.5 Å². The standard InChI is InChI=1S/C23H15BrF2N2O2S/c24-18-8-9-20(30-22(25)26)17(12-18)7-10-21(29)28-23-27-19(13-31-23)16-6-5-14-3-1-2-4-15(14)11-16/h1-13,22H,(H,27,28,29). The Bertz CT molecular complexity index is 1270. The Morgan fingerprint density at radius 2 is 1.90 bits per heavy atom. The normalized spacial score (nSPS) is 11.4. The fourth-order valence-electron chi connectivity index (χ4n) is 2.98. The number of aromatic nitrogens is 1. The minimum atomic E-state index is -2.95. The highest BCUT2D eigenvalue weighted by Crippen LogP contribution is 2.28. The number of hydrogen-bond acceptors (Lipinski definition) is 4. The van der Waals surface area contributed by atoms with Gasteiger partial charge in [0.25, 0.3) is 0 Å². The van der Waals surface area contributed by atoms with Gasteiger partial charge in [-0.2, -0.15) is 8.78 Å². The van der Waals surface area contributed by atoms with Gasteiger partial charge in [-0.05, 0) is 41.1 Å². The average Bonchev–Trinajstić information content (AvgIpc) is 3.21. The summed E-state index contributed by atoms with van der Waals surface area (Å²) in [6.07, 6.45) is 2.66. The highest BCUT2D eigenvalue weighted by Gasteiger charge is 2.10. The van der Waals surface area contributed by atoms with Crippen LogP contribution in [-0.2, 0) is 4.79 Å². The molecule has 4 rings (SSSR count). The minimum Gasteiger partial charge on any atom is -0.434 e. The number of benzene rings is 3. The number of nitrogens with zero attached hydrogens (tertiary/aromatic N) is 1. The Kier molecular flexibility index (Phi) is 6.39. The number of rotatable bonds is 6. The van der Waals surface area contributed by atoms with E-state index in [1.165, 1.54) is 29.6 Å². The molecule has 0 aliphatic carbocycles. The fourth-order valence-corrected chi connectivity index (χ4v) is 4.08. The summed E-state index contributed by atoms with van der Waals surface area (Å²) in [5.74, 6) is -0.447. The minimum absolute atomic E-state index is 0.0184. The van der Waals surface area contributed by atoms with Crippen LogP contribution in [0, 0.1) is 0 Å². The predicted octanol–water partition coefficient (Wildman–Crippen LogP) is 6.98. The third kappa shape index (κ3) is 5.34. The molecule has 0 aliphatic rings. The molecule has 0 saturated heterocycles. The molecule has 1 amide bonds. The van der Waals surface area contributed by atoms with Crippen molar-refractivity contribution < 1.29 is 18.3 Å². The smallest absolute Gasteiger partial charge is 0.387 e. The predicted molar refractivity (Wildman–Crippen MR) is 123 cm³/mol. The van der Waals surface area contributed by atoms with Crippen molar-refractivity contribution in [1.82, 2.24) is 4.98 Å². The van der Waals surface area contributed by atoms with Crippen LogP contribution in [0.25, 0.3) is 28.1 Å². The van der Waals surface area contributed by atoms with E-state index in [9.17, 15) is 13.6 Å². The maximum atomic E-state index is 12.6. The van der Waals surface area contributed by atoms with E-state index in [-0.39, 0.29) is 5.75 Å². The van der Waals surface area contributed by atoms with Crippen molar-refractivity contribution in [2.45, 2.75) is 6.61 Å². The van der Waals surface area contributed by atoms with E-state index in [2.05, 4.69) is 31.0 Å². The van der Waals surface area contributed by atoms with Crippen molar-refractivity contribution in [3.05, 3.63) is 82.2 Å². The van der Waals surface area contributed by atoms with Gasteiger partial charge in [0.15, 0.2) is 5.13 Å². The Labute approximate surface area is 189 Å². The second-order valence-corrected chi connectivity index (χ2v) is 8.26. The second kappa shape index (κ2) is 9.36. The van der Waals surface area contributed by atoms with Crippen molar-refractivity contribution in [1.29, 1.82) is 0 Å². The molecule has 1 heterocycles. The quantitative estimate of drug-likeness (QED) is 0.290. The van der Waals surface area contributed by atoms with Crippen LogP contribution in [-0.4, -0.2) is 17.5 Å². The van der Waals surface area contributed by atoms with Gasteiger partial charge in [-0.3, -0.25) is 10.1 Å². The van der Waals surface area contributed by atoms with Gasteiger partial charge in [0.2, 0.25) is 5.91 Å². The summed E-state index contributed by atoms with van der Waals surface area (Å²) in [5, 5.41) is 7.25. The molecule has 0 atom stereocenters. The molecule has 31 heavy (non-hydrogen) atoms. The zero-order chi connectivity index (χ0) is 21.8. The van der Waals surface area contributed by atoms with Crippen LogP contribution in [0.15, 0.2) is 76.6 Å². The van der Waals surface area contributed by atoms with Crippen LogP contribution in [0.2, 0.25) is 0 Å². The summed E-state index contributed by atoms with van der Waals surface area (Å²) in [4.78, 5) is 16.8. The second-order valence-electron chi connectivity index (χ2n) is 6.48. The first-order chi connectivity index (χ1) is 15.0. The van der Waals surface area contributed by atoms with Gasteiger partial charge < -0.3 is 4.74 Å². The van der Waals surface area contributed by atoms with Gasteiger partial charge in [0.1, 0.15) is 5.75 Å². The topological polar surface area (TPSA) is 51.2 Å². The van der Waals surface area contributed by atoms with Gasteiger partial charge in [-0.25, -0.2) is 4.98 Å². The van der Waals surface area contributed by atoms with Crippen molar-refractivity contribution >= 4 is 55.2 Å². The monoisotopic (exact) mass is 500 g/mol. The summed E-state index contributed by atoms with van der Waals surface area (Å²) in [5.41, 5.74) is 2.06. The Morgan fingerprint density at radius 1 is 1.10 bits per heavy atom. The third-order valence-corrected chi connectivity index (χ3v) is 5.63. The van der Waals surface area contributed by atoms with Crippen molar-refractivity contribution in [3.63, 3.8) is 0 Å². The first-order valence-electron chi connectivity index (χ1n) is 9.16. The third-order valence-electron chi connectivity index (χ3n) is 4.38. The van der Waals surface area contributed by atoms with Crippen LogP contribution in [0.3, 0.4) is 0 Å². The number of alkyl halides is 2. The number of amides is 1. The van der Waals surface area contributed by atoms with Crippen LogP contribution in [0.5, 0.6) is 5.75 Å². The van der Waals surface area contributed by atoms with E-state index in [4.69, 9.17) is 0 Å². The Balaban J connectivity index is 1.47. The van der Waals surface area contributed by atoms with Gasteiger partial charge in [0, 0.05) is 27.1 Å².